The van der Waals surface area contributed by atoms with Crippen LogP contribution >= 0.6 is 24.2 Å². The van der Waals surface area contributed by atoms with Crippen LogP contribution in [0.2, 0.25) is 5.02 Å². The molecule has 1 rings (SSSR count). The van der Waals surface area contributed by atoms with E-state index in [0.717, 1.165) is 23.3 Å². The van der Waals surface area contributed by atoms with E-state index in [1.54, 1.807) is 7.11 Å². The molecule has 0 saturated heterocycles. The molecule has 4 heteroatoms. The monoisotopic (exact) mass is 245 g/mol. The van der Waals surface area contributed by atoms with E-state index in [2.05, 4.69) is 12.6 Å². The summed E-state index contributed by atoms with van der Waals surface area (Å²) in [6, 6.07) is 3.78. The van der Waals surface area contributed by atoms with Crippen LogP contribution in [-0.2, 0) is 0 Å². The third kappa shape index (κ3) is 3.03. The summed E-state index contributed by atoms with van der Waals surface area (Å²) < 4.78 is 5.13. The zero-order chi connectivity index (χ0) is 11.4. The third-order valence-electron chi connectivity index (χ3n) is 2.38. The molecular weight excluding hydrogens is 230 g/mol. The van der Waals surface area contributed by atoms with Crippen LogP contribution in [0.4, 0.5) is 0 Å². The van der Waals surface area contributed by atoms with Gasteiger partial charge in [0.2, 0.25) is 0 Å². The first kappa shape index (κ1) is 12.7. The summed E-state index contributed by atoms with van der Waals surface area (Å²) in [6.45, 7) is 2.01. The van der Waals surface area contributed by atoms with Gasteiger partial charge in [-0.1, -0.05) is 11.6 Å². The molecule has 2 nitrogen and oxygen atoms in total. The lowest BCUT2D eigenvalue weighted by atomic mass is 10.00. The van der Waals surface area contributed by atoms with E-state index < -0.39 is 0 Å². The predicted octanol–water partition coefficient (Wildman–Crippen LogP) is 2.98. The Morgan fingerprint density at radius 3 is 2.73 bits per heavy atom. The minimum atomic E-state index is -0.00842. The largest absolute Gasteiger partial charge is 0.495 e. The van der Waals surface area contributed by atoms with Gasteiger partial charge in [0.05, 0.1) is 12.1 Å². The predicted molar refractivity (Wildman–Crippen MR) is 68.1 cm³/mol. The minimum Gasteiger partial charge on any atom is -0.495 e. The molecule has 0 saturated carbocycles. The fraction of sp³-hybridized carbons (Fsp3) is 0.455. The number of benzene rings is 1. The molecule has 1 aromatic rings. The van der Waals surface area contributed by atoms with Crippen LogP contribution in [0.25, 0.3) is 0 Å². The van der Waals surface area contributed by atoms with E-state index in [1.165, 1.54) is 0 Å². The Kier molecular flexibility index (Phi) is 4.77. The quantitative estimate of drug-likeness (QED) is 0.800. The van der Waals surface area contributed by atoms with Crippen LogP contribution in [0, 0.1) is 6.92 Å². The van der Waals surface area contributed by atoms with Gasteiger partial charge >= 0.3 is 0 Å². The second-order valence-electron chi connectivity index (χ2n) is 3.46. The molecule has 0 amide bonds. The van der Waals surface area contributed by atoms with Gasteiger partial charge in [0, 0.05) is 6.04 Å². The number of thiol groups is 1. The van der Waals surface area contributed by atoms with Crippen LogP contribution in [0.1, 0.15) is 23.6 Å². The molecule has 0 heterocycles. The standard InChI is InChI=1S/C11H16ClNOS/c1-7-5-11(14-2)9(12)6-8(7)10(13)3-4-15/h5-6,10,15H,3-4,13H2,1-2H3. The van der Waals surface area contributed by atoms with Crippen molar-refractivity contribution in [2.75, 3.05) is 12.9 Å². The van der Waals surface area contributed by atoms with Crippen LogP contribution in [-0.4, -0.2) is 12.9 Å². The molecule has 0 aliphatic rings. The number of ether oxygens (including phenoxy) is 1. The summed E-state index contributed by atoms with van der Waals surface area (Å²) in [6.07, 6.45) is 0.840. The highest BCUT2D eigenvalue weighted by Gasteiger charge is 2.11. The summed E-state index contributed by atoms with van der Waals surface area (Å²) in [5.41, 5.74) is 8.19. The number of halogens is 1. The number of hydrogen-bond donors (Lipinski definition) is 2. The Morgan fingerprint density at radius 1 is 1.53 bits per heavy atom. The number of aryl methyl sites for hydroxylation is 1. The third-order valence-corrected chi connectivity index (χ3v) is 2.93. The molecule has 1 aromatic carbocycles. The topological polar surface area (TPSA) is 35.2 Å². The SMILES string of the molecule is COc1cc(C)c(C(N)CCS)cc1Cl. The Hall–Kier alpha value is -0.380. The van der Waals surface area contributed by atoms with Crippen molar-refractivity contribution in [1.82, 2.24) is 0 Å². The lowest BCUT2D eigenvalue weighted by molar-refractivity contribution is 0.414. The lowest BCUT2D eigenvalue weighted by Gasteiger charge is -2.15. The molecule has 0 aliphatic carbocycles. The number of rotatable bonds is 4. The van der Waals surface area contributed by atoms with Gasteiger partial charge in [-0.05, 0) is 42.4 Å². The second kappa shape index (κ2) is 5.64. The molecule has 2 N–H and O–H groups in total. The maximum absolute atomic E-state index is 6.05. The van der Waals surface area contributed by atoms with E-state index in [-0.39, 0.29) is 6.04 Å². The van der Waals surface area contributed by atoms with Gasteiger partial charge in [-0.2, -0.15) is 12.6 Å². The lowest BCUT2D eigenvalue weighted by Crippen LogP contribution is -2.12. The summed E-state index contributed by atoms with van der Waals surface area (Å²) in [5, 5.41) is 0.604. The maximum atomic E-state index is 6.05. The number of nitrogens with two attached hydrogens (primary N) is 1. The van der Waals surface area contributed by atoms with E-state index in [0.29, 0.717) is 10.8 Å². The first-order chi connectivity index (χ1) is 7.10. The van der Waals surface area contributed by atoms with Gasteiger partial charge in [-0.25, -0.2) is 0 Å². The van der Waals surface area contributed by atoms with Crippen molar-refractivity contribution in [3.05, 3.63) is 28.3 Å². The molecule has 1 unspecified atom stereocenters. The molecule has 0 spiro atoms. The van der Waals surface area contributed by atoms with E-state index in [1.807, 2.05) is 19.1 Å². The molecule has 0 radical (unpaired) electrons. The first-order valence-electron chi connectivity index (χ1n) is 4.80. The van der Waals surface area contributed by atoms with Crippen molar-refractivity contribution in [2.24, 2.45) is 5.73 Å². The normalized spacial score (nSPS) is 12.6. The summed E-state index contributed by atoms with van der Waals surface area (Å²) in [7, 11) is 1.61. The van der Waals surface area contributed by atoms with Crippen LogP contribution in [0.3, 0.4) is 0 Å². The molecule has 84 valence electrons. The van der Waals surface area contributed by atoms with Crippen LogP contribution in [0.15, 0.2) is 12.1 Å². The van der Waals surface area contributed by atoms with Crippen molar-refractivity contribution in [1.29, 1.82) is 0 Å². The van der Waals surface area contributed by atoms with Crippen molar-refractivity contribution < 1.29 is 4.74 Å². The molecule has 1 atom stereocenters. The number of methoxy groups -OCH3 is 1. The van der Waals surface area contributed by atoms with Crippen molar-refractivity contribution in [3.63, 3.8) is 0 Å². The molecule has 0 aromatic heterocycles. The first-order valence-corrected chi connectivity index (χ1v) is 5.81. The summed E-state index contributed by atoms with van der Waals surface area (Å²) in [5.74, 6) is 1.46. The van der Waals surface area contributed by atoms with Crippen molar-refractivity contribution in [2.45, 2.75) is 19.4 Å². The fourth-order valence-corrected chi connectivity index (χ4v) is 2.05. The van der Waals surface area contributed by atoms with Gasteiger partial charge in [0.25, 0.3) is 0 Å². The van der Waals surface area contributed by atoms with E-state index in [9.17, 15) is 0 Å². The van der Waals surface area contributed by atoms with Gasteiger partial charge in [0.1, 0.15) is 5.75 Å². The van der Waals surface area contributed by atoms with Crippen LogP contribution in [0.5, 0.6) is 5.75 Å². The second-order valence-corrected chi connectivity index (χ2v) is 4.32. The van der Waals surface area contributed by atoms with Crippen molar-refractivity contribution in [3.8, 4) is 5.75 Å². The Bertz CT molecular complexity index is 344. The van der Waals surface area contributed by atoms with Gasteiger partial charge in [0.15, 0.2) is 0 Å². The molecule has 15 heavy (non-hydrogen) atoms. The van der Waals surface area contributed by atoms with Gasteiger partial charge in [-0.3, -0.25) is 0 Å². The molecule has 0 bridgehead atoms. The number of hydrogen-bond acceptors (Lipinski definition) is 3. The highest BCUT2D eigenvalue weighted by Crippen LogP contribution is 2.30. The minimum absolute atomic E-state index is 0.00842. The maximum Gasteiger partial charge on any atom is 0.137 e. The fourth-order valence-electron chi connectivity index (χ4n) is 1.52. The highest BCUT2D eigenvalue weighted by molar-refractivity contribution is 7.80. The average molecular weight is 246 g/mol. The average Bonchev–Trinajstić information content (AvgIpc) is 2.21. The Labute approximate surface area is 101 Å². The van der Waals surface area contributed by atoms with Gasteiger partial charge < -0.3 is 10.5 Å². The van der Waals surface area contributed by atoms with E-state index >= 15 is 0 Å². The molecular formula is C11H16ClNOS. The van der Waals surface area contributed by atoms with E-state index in [4.69, 9.17) is 22.1 Å². The summed E-state index contributed by atoms with van der Waals surface area (Å²) in [4.78, 5) is 0. The van der Waals surface area contributed by atoms with Crippen molar-refractivity contribution >= 4 is 24.2 Å². The Morgan fingerprint density at radius 2 is 2.20 bits per heavy atom. The van der Waals surface area contributed by atoms with Crippen LogP contribution < -0.4 is 10.5 Å². The summed E-state index contributed by atoms with van der Waals surface area (Å²) >= 11 is 10.2. The zero-order valence-electron chi connectivity index (χ0n) is 8.96. The van der Waals surface area contributed by atoms with Gasteiger partial charge in [-0.15, -0.1) is 0 Å². The highest BCUT2D eigenvalue weighted by atomic mass is 35.5. The zero-order valence-corrected chi connectivity index (χ0v) is 10.6. The molecule has 0 fully saturated rings. The smallest absolute Gasteiger partial charge is 0.137 e. The molecule has 0 aliphatic heterocycles. The Balaban J connectivity index is 3.04.